The third-order valence-corrected chi connectivity index (χ3v) is 2.84. The molecule has 0 atom stereocenters. The summed E-state index contributed by atoms with van der Waals surface area (Å²) in [7, 11) is 0. The van der Waals surface area contributed by atoms with Crippen LogP contribution < -0.4 is 5.56 Å². The molecule has 1 N–H and O–H groups in total. The zero-order valence-corrected chi connectivity index (χ0v) is 9.36. The standard InChI is InChI=1S/C10H7IN2O/c11-8-9(12-6-13-10(8)14)7-4-2-1-3-5-7/h1-6H,(H,12,13,14). The second-order valence-corrected chi connectivity index (χ2v) is 3.84. The molecule has 70 valence electrons. The number of nitrogens with zero attached hydrogens (tertiary/aromatic N) is 1. The number of H-pyrrole nitrogens is 1. The Bertz CT molecular complexity index is 493. The molecule has 4 heteroatoms. The molecule has 2 aromatic rings. The monoisotopic (exact) mass is 298 g/mol. The summed E-state index contributed by atoms with van der Waals surface area (Å²) >= 11 is 2.00. The van der Waals surface area contributed by atoms with Gasteiger partial charge in [-0.3, -0.25) is 4.79 Å². The first-order valence-corrected chi connectivity index (χ1v) is 5.15. The maximum absolute atomic E-state index is 11.3. The molecule has 1 heterocycles. The number of hydrogen-bond donors (Lipinski definition) is 1. The van der Waals surface area contributed by atoms with E-state index in [4.69, 9.17) is 0 Å². The van der Waals surface area contributed by atoms with Gasteiger partial charge in [-0.05, 0) is 22.6 Å². The fourth-order valence-corrected chi connectivity index (χ4v) is 1.79. The largest absolute Gasteiger partial charge is 0.312 e. The highest BCUT2D eigenvalue weighted by atomic mass is 127. The fraction of sp³-hybridized carbons (Fsp3) is 0. The summed E-state index contributed by atoms with van der Waals surface area (Å²) in [5.74, 6) is 0. The minimum atomic E-state index is -0.0977. The van der Waals surface area contributed by atoms with Crippen molar-refractivity contribution in [2.75, 3.05) is 0 Å². The molecular weight excluding hydrogens is 291 g/mol. The highest BCUT2D eigenvalue weighted by molar-refractivity contribution is 14.1. The van der Waals surface area contributed by atoms with Gasteiger partial charge < -0.3 is 4.98 Å². The van der Waals surface area contributed by atoms with Gasteiger partial charge in [0.2, 0.25) is 0 Å². The van der Waals surface area contributed by atoms with Crippen molar-refractivity contribution in [2.45, 2.75) is 0 Å². The molecule has 0 amide bonds. The number of nitrogens with one attached hydrogen (secondary N) is 1. The number of rotatable bonds is 1. The van der Waals surface area contributed by atoms with Crippen molar-refractivity contribution in [3.63, 3.8) is 0 Å². The maximum atomic E-state index is 11.3. The molecule has 0 unspecified atom stereocenters. The summed E-state index contributed by atoms with van der Waals surface area (Å²) in [4.78, 5) is 18.0. The van der Waals surface area contributed by atoms with Crippen LogP contribution in [0.4, 0.5) is 0 Å². The van der Waals surface area contributed by atoms with Crippen molar-refractivity contribution in [1.82, 2.24) is 9.97 Å². The predicted molar refractivity (Wildman–Crippen MR) is 63.0 cm³/mol. The Morgan fingerprint density at radius 2 is 1.93 bits per heavy atom. The summed E-state index contributed by atoms with van der Waals surface area (Å²) in [6.45, 7) is 0. The Kier molecular flexibility index (Phi) is 2.62. The molecule has 14 heavy (non-hydrogen) atoms. The zero-order valence-electron chi connectivity index (χ0n) is 7.20. The SMILES string of the molecule is O=c1[nH]cnc(-c2ccccc2)c1I. The van der Waals surface area contributed by atoms with E-state index < -0.39 is 0 Å². The lowest BCUT2D eigenvalue weighted by molar-refractivity contribution is 1.10. The highest BCUT2D eigenvalue weighted by Gasteiger charge is 2.06. The first kappa shape index (κ1) is 9.39. The number of halogens is 1. The molecule has 0 saturated heterocycles. The third-order valence-electron chi connectivity index (χ3n) is 1.84. The average Bonchev–Trinajstić information content (AvgIpc) is 2.23. The van der Waals surface area contributed by atoms with Crippen LogP contribution in [0.3, 0.4) is 0 Å². The van der Waals surface area contributed by atoms with Gasteiger partial charge in [0.05, 0.1) is 12.0 Å². The molecule has 0 aliphatic rings. The number of aromatic nitrogens is 2. The van der Waals surface area contributed by atoms with E-state index in [1.54, 1.807) is 0 Å². The number of benzene rings is 1. The minimum Gasteiger partial charge on any atom is -0.312 e. The van der Waals surface area contributed by atoms with Crippen LogP contribution in [0.1, 0.15) is 0 Å². The van der Waals surface area contributed by atoms with Crippen LogP contribution >= 0.6 is 22.6 Å². The van der Waals surface area contributed by atoms with Crippen molar-refractivity contribution in [1.29, 1.82) is 0 Å². The van der Waals surface area contributed by atoms with Gasteiger partial charge in [0, 0.05) is 5.56 Å². The van der Waals surface area contributed by atoms with E-state index in [9.17, 15) is 4.79 Å². The topological polar surface area (TPSA) is 45.8 Å². The first-order chi connectivity index (χ1) is 6.79. The smallest absolute Gasteiger partial charge is 0.264 e. The Morgan fingerprint density at radius 1 is 1.21 bits per heavy atom. The number of hydrogen-bond acceptors (Lipinski definition) is 2. The fourth-order valence-electron chi connectivity index (χ4n) is 1.18. The molecule has 2 rings (SSSR count). The Labute approximate surface area is 94.4 Å². The Balaban J connectivity index is 2.64. The van der Waals surface area contributed by atoms with Crippen LogP contribution in [0.15, 0.2) is 41.5 Å². The van der Waals surface area contributed by atoms with Crippen LogP contribution in [-0.4, -0.2) is 9.97 Å². The molecule has 1 aromatic carbocycles. The number of aromatic amines is 1. The van der Waals surface area contributed by atoms with Crippen molar-refractivity contribution >= 4 is 22.6 Å². The molecular formula is C10H7IN2O. The lowest BCUT2D eigenvalue weighted by atomic mass is 10.1. The predicted octanol–water partition coefficient (Wildman–Crippen LogP) is 2.04. The van der Waals surface area contributed by atoms with Crippen LogP contribution in [0.25, 0.3) is 11.3 Å². The van der Waals surface area contributed by atoms with Crippen molar-refractivity contribution < 1.29 is 0 Å². The van der Waals surface area contributed by atoms with Gasteiger partial charge in [-0.2, -0.15) is 0 Å². The molecule has 0 saturated carbocycles. The summed E-state index contributed by atoms with van der Waals surface area (Å²) in [5, 5.41) is 0. The quantitative estimate of drug-likeness (QED) is 0.819. The van der Waals surface area contributed by atoms with Crippen LogP contribution in [0.2, 0.25) is 0 Å². The summed E-state index contributed by atoms with van der Waals surface area (Å²) in [6, 6.07) is 9.65. The highest BCUT2D eigenvalue weighted by Crippen LogP contribution is 2.18. The Morgan fingerprint density at radius 3 is 2.64 bits per heavy atom. The van der Waals surface area contributed by atoms with Gasteiger partial charge in [0.25, 0.3) is 5.56 Å². The van der Waals surface area contributed by atoms with Gasteiger partial charge in [-0.25, -0.2) is 4.98 Å². The summed E-state index contributed by atoms with van der Waals surface area (Å²) in [5.41, 5.74) is 1.59. The molecule has 0 aliphatic heterocycles. The van der Waals surface area contributed by atoms with Gasteiger partial charge in [-0.1, -0.05) is 30.3 Å². The van der Waals surface area contributed by atoms with E-state index in [1.165, 1.54) is 6.33 Å². The minimum absolute atomic E-state index is 0.0977. The molecule has 0 aliphatic carbocycles. The molecule has 1 aromatic heterocycles. The molecule has 0 bridgehead atoms. The molecule has 0 fully saturated rings. The van der Waals surface area contributed by atoms with Crippen molar-refractivity contribution in [3.8, 4) is 11.3 Å². The first-order valence-electron chi connectivity index (χ1n) is 4.07. The Hall–Kier alpha value is -1.17. The van der Waals surface area contributed by atoms with Gasteiger partial charge in [-0.15, -0.1) is 0 Å². The van der Waals surface area contributed by atoms with E-state index in [0.29, 0.717) is 3.57 Å². The van der Waals surface area contributed by atoms with E-state index in [0.717, 1.165) is 11.3 Å². The second kappa shape index (κ2) is 3.91. The van der Waals surface area contributed by atoms with E-state index in [-0.39, 0.29) is 5.56 Å². The lowest BCUT2D eigenvalue weighted by Gasteiger charge is -2.00. The summed E-state index contributed by atoms with van der Waals surface area (Å²) < 4.78 is 0.622. The average molecular weight is 298 g/mol. The second-order valence-electron chi connectivity index (χ2n) is 2.76. The molecule has 0 radical (unpaired) electrons. The van der Waals surface area contributed by atoms with E-state index in [2.05, 4.69) is 9.97 Å². The van der Waals surface area contributed by atoms with E-state index >= 15 is 0 Å². The van der Waals surface area contributed by atoms with Gasteiger partial charge >= 0.3 is 0 Å². The van der Waals surface area contributed by atoms with Crippen LogP contribution in [0.5, 0.6) is 0 Å². The van der Waals surface area contributed by atoms with Crippen LogP contribution in [-0.2, 0) is 0 Å². The van der Waals surface area contributed by atoms with Crippen molar-refractivity contribution in [3.05, 3.63) is 50.6 Å². The van der Waals surface area contributed by atoms with Gasteiger partial charge in [0.15, 0.2) is 0 Å². The maximum Gasteiger partial charge on any atom is 0.264 e. The third kappa shape index (κ3) is 1.70. The molecule has 3 nitrogen and oxygen atoms in total. The zero-order chi connectivity index (χ0) is 9.97. The normalized spacial score (nSPS) is 10.1. The van der Waals surface area contributed by atoms with Crippen LogP contribution in [0, 0.1) is 3.57 Å². The van der Waals surface area contributed by atoms with Crippen molar-refractivity contribution in [2.24, 2.45) is 0 Å². The molecule has 0 spiro atoms. The van der Waals surface area contributed by atoms with E-state index in [1.807, 2.05) is 52.9 Å². The van der Waals surface area contributed by atoms with Gasteiger partial charge in [0.1, 0.15) is 3.57 Å². The summed E-state index contributed by atoms with van der Waals surface area (Å²) in [6.07, 6.45) is 1.42. The lowest BCUT2D eigenvalue weighted by Crippen LogP contribution is -2.11.